The Hall–Kier alpha value is -3.60. The van der Waals surface area contributed by atoms with Gasteiger partial charge < -0.3 is 14.9 Å². The summed E-state index contributed by atoms with van der Waals surface area (Å²) in [7, 11) is 1.52. The van der Waals surface area contributed by atoms with E-state index in [4.69, 9.17) is 4.74 Å². The van der Waals surface area contributed by atoms with Crippen molar-refractivity contribution in [3.05, 3.63) is 76.9 Å². The van der Waals surface area contributed by atoms with Gasteiger partial charge in [0.05, 0.1) is 18.2 Å². The fraction of sp³-hybridized carbons (Fsp3) is 0.0476. The Morgan fingerprint density at radius 2 is 1.31 bits per heavy atom. The van der Waals surface area contributed by atoms with E-state index in [0.29, 0.717) is 16.9 Å². The van der Waals surface area contributed by atoms with Crippen LogP contribution in [0.1, 0.15) is 31.8 Å². The number of fused-ring (bicyclic) bond motifs is 2. The van der Waals surface area contributed by atoms with Crippen molar-refractivity contribution in [1.29, 1.82) is 0 Å². The lowest BCUT2D eigenvalue weighted by Gasteiger charge is -2.21. The van der Waals surface area contributed by atoms with Gasteiger partial charge in [-0.2, -0.15) is 0 Å². The summed E-state index contributed by atoms with van der Waals surface area (Å²) < 4.78 is 5.32. The summed E-state index contributed by atoms with van der Waals surface area (Å²) in [6.45, 7) is 0. The zero-order valence-corrected chi connectivity index (χ0v) is 13.8. The molecule has 5 heteroatoms. The Bertz CT molecular complexity index is 1080. The largest absolute Gasteiger partial charge is 0.507 e. The number of methoxy groups -OCH3 is 1. The molecule has 0 fully saturated rings. The van der Waals surface area contributed by atoms with Gasteiger partial charge >= 0.3 is 0 Å². The van der Waals surface area contributed by atoms with E-state index in [1.807, 2.05) is 0 Å². The Morgan fingerprint density at radius 3 is 2.08 bits per heavy atom. The molecule has 4 rings (SSSR count). The summed E-state index contributed by atoms with van der Waals surface area (Å²) in [6.07, 6.45) is 0. The normalized spacial score (nSPS) is 12.5. The van der Waals surface area contributed by atoms with Crippen molar-refractivity contribution in [1.82, 2.24) is 0 Å². The number of hydrogen-bond acceptors (Lipinski definition) is 5. The predicted molar refractivity (Wildman–Crippen MR) is 95.1 cm³/mol. The number of para-hydroxylation sites is 1. The van der Waals surface area contributed by atoms with Gasteiger partial charge in [0.15, 0.2) is 11.6 Å². The minimum atomic E-state index is -0.500. The molecule has 1 aliphatic rings. The molecule has 1 aliphatic carbocycles. The van der Waals surface area contributed by atoms with Gasteiger partial charge in [0.2, 0.25) is 0 Å². The summed E-state index contributed by atoms with van der Waals surface area (Å²) in [5.41, 5.74) is 1.06. The molecule has 0 heterocycles. The first-order chi connectivity index (χ1) is 12.5. The number of ether oxygens (including phenoxy) is 1. The molecule has 0 aliphatic heterocycles. The van der Waals surface area contributed by atoms with Gasteiger partial charge in [0.25, 0.3) is 0 Å². The number of phenols is 2. The van der Waals surface area contributed by atoms with Crippen molar-refractivity contribution in [2.75, 3.05) is 7.11 Å². The molecule has 0 aromatic heterocycles. The van der Waals surface area contributed by atoms with Crippen molar-refractivity contribution in [3.8, 4) is 28.4 Å². The van der Waals surface area contributed by atoms with Gasteiger partial charge in [-0.3, -0.25) is 9.59 Å². The van der Waals surface area contributed by atoms with Gasteiger partial charge in [-0.05, 0) is 24.3 Å². The third kappa shape index (κ3) is 2.10. The molecule has 128 valence electrons. The zero-order valence-electron chi connectivity index (χ0n) is 13.8. The second kappa shape index (κ2) is 5.74. The third-order valence-electron chi connectivity index (χ3n) is 4.56. The molecule has 3 aromatic carbocycles. The van der Waals surface area contributed by atoms with Crippen LogP contribution < -0.4 is 4.74 Å². The molecular weight excluding hydrogens is 332 g/mol. The summed E-state index contributed by atoms with van der Waals surface area (Å²) in [4.78, 5) is 25.7. The maximum Gasteiger partial charge on any atom is 0.198 e. The molecule has 0 radical (unpaired) electrons. The van der Waals surface area contributed by atoms with Crippen LogP contribution >= 0.6 is 0 Å². The highest BCUT2D eigenvalue weighted by Crippen LogP contribution is 2.43. The van der Waals surface area contributed by atoms with E-state index in [-0.39, 0.29) is 33.8 Å². The number of benzene rings is 3. The van der Waals surface area contributed by atoms with E-state index >= 15 is 0 Å². The minimum absolute atomic E-state index is 0.0329. The number of carbonyl (C=O) groups excluding carboxylic acids is 2. The molecule has 0 spiro atoms. The van der Waals surface area contributed by atoms with Crippen LogP contribution in [0.4, 0.5) is 0 Å². The molecule has 0 saturated heterocycles. The van der Waals surface area contributed by atoms with E-state index in [2.05, 4.69) is 0 Å². The van der Waals surface area contributed by atoms with Gasteiger partial charge in [0, 0.05) is 22.3 Å². The second-order valence-electron chi connectivity index (χ2n) is 5.94. The van der Waals surface area contributed by atoms with E-state index in [0.717, 1.165) is 0 Å². The van der Waals surface area contributed by atoms with Crippen LogP contribution in [0.15, 0.2) is 54.6 Å². The van der Waals surface area contributed by atoms with Crippen molar-refractivity contribution in [2.24, 2.45) is 0 Å². The van der Waals surface area contributed by atoms with Crippen LogP contribution in [0.3, 0.4) is 0 Å². The standard InChI is InChI=1S/C21H14O5/c1-26-16-8-3-2-5-11(16)12-9-10-14-18(19(12)23)21(25)13-6-4-7-15(22)17(13)20(14)24/h2-10,22-23H,1H3. The summed E-state index contributed by atoms with van der Waals surface area (Å²) in [5, 5.41) is 20.8. The van der Waals surface area contributed by atoms with E-state index in [1.54, 1.807) is 30.3 Å². The topological polar surface area (TPSA) is 83.8 Å². The van der Waals surface area contributed by atoms with Gasteiger partial charge in [-0.1, -0.05) is 30.3 Å². The molecule has 0 amide bonds. The average molecular weight is 346 g/mol. The number of phenolic OH excluding ortho intramolecular Hbond substituents is 2. The SMILES string of the molecule is COc1ccccc1-c1ccc2c(c1O)C(=O)c1cccc(O)c1C2=O. The zero-order chi connectivity index (χ0) is 18.4. The van der Waals surface area contributed by atoms with E-state index < -0.39 is 11.6 Å². The summed E-state index contributed by atoms with van der Waals surface area (Å²) in [6, 6.07) is 14.5. The number of rotatable bonds is 2. The van der Waals surface area contributed by atoms with Gasteiger partial charge in [0.1, 0.15) is 17.2 Å². The van der Waals surface area contributed by atoms with Crippen LogP contribution in [0.25, 0.3) is 11.1 Å². The van der Waals surface area contributed by atoms with Crippen LogP contribution in [0, 0.1) is 0 Å². The van der Waals surface area contributed by atoms with Gasteiger partial charge in [-0.15, -0.1) is 0 Å². The molecule has 5 nitrogen and oxygen atoms in total. The minimum Gasteiger partial charge on any atom is -0.507 e. The summed E-state index contributed by atoms with van der Waals surface area (Å²) >= 11 is 0. The molecular formula is C21H14O5. The lowest BCUT2D eigenvalue weighted by atomic mass is 9.81. The molecule has 0 bridgehead atoms. The first-order valence-electron chi connectivity index (χ1n) is 7.95. The highest BCUT2D eigenvalue weighted by atomic mass is 16.5. The van der Waals surface area contributed by atoms with E-state index in [9.17, 15) is 19.8 Å². The Morgan fingerprint density at radius 1 is 0.692 bits per heavy atom. The van der Waals surface area contributed by atoms with Crippen LogP contribution in [0.5, 0.6) is 17.2 Å². The number of hydrogen-bond donors (Lipinski definition) is 2. The lowest BCUT2D eigenvalue weighted by Crippen LogP contribution is -2.21. The van der Waals surface area contributed by atoms with Gasteiger partial charge in [-0.25, -0.2) is 0 Å². The Labute approximate surface area is 149 Å². The smallest absolute Gasteiger partial charge is 0.198 e. The Balaban J connectivity index is 1.98. The third-order valence-corrected chi connectivity index (χ3v) is 4.56. The fourth-order valence-electron chi connectivity index (χ4n) is 3.33. The first kappa shape index (κ1) is 15.9. The van der Waals surface area contributed by atoms with Crippen molar-refractivity contribution < 1.29 is 24.5 Å². The monoisotopic (exact) mass is 346 g/mol. The molecule has 3 aromatic rings. The molecule has 26 heavy (non-hydrogen) atoms. The molecule has 0 atom stereocenters. The highest BCUT2D eigenvalue weighted by Gasteiger charge is 2.35. The summed E-state index contributed by atoms with van der Waals surface area (Å²) in [5.74, 6) is -0.983. The second-order valence-corrected chi connectivity index (χ2v) is 5.94. The lowest BCUT2D eigenvalue weighted by molar-refractivity contribution is 0.0974. The Kier molecular flexibility index (Phi) is 3.51. The number of ketones is 2. The molecule has 2 N–H and O–H groups in total. The van der Waals surface area contributed by atoms with Crippen molar-refractivity contribution in [2.45, 2.75) is 0 Å². The maximum absolute atomic E-state index is 12.9. The van der Waals surface area contributed by atoms with E-state index in [1.165, 1.54) is 31.4 Å². The maximum atomic E-state index is 12.9. The quantitative estimate of drug-likeness (QED) is 0.580. The first-order valence-corrected chi connectivity index (χ1v) is 7.95. The molecule has 0 saturated carbocycles. The highest BCUT2D eigenvalue weighted by molar-refractivity contribution is 6.30. The number of carbonyl (C=O) groups is 2. The predicted octanol–water partition coefficient (Wildman–Crippen LogP) is 3.55. The average Bonchev–Trinajstić information content (AvgIpc) is 2.65. The van der Waals surface area contributed by atoms with Crippen LogP contribution in [-0.2, 0) is 0 Å². The van der Waals surface area contributed by atoms with Crippen LogP contribution in [0.2, 0.25) is 0 Å². The fourth-order valence-corrected chi connectivity index (χ4v) is 3.33. The molecule has 0 unspecified atom stereocenters. The van der Waals surface area contributed by atoms with Crippen molar-refractivity contribution in [3.63, 3.8) is 0 Å². The van der Waals surface area contributed by atoms with Crippen molar-refractivity contribution >= 4 is 11.6 Å². The van der Waals surface area contributed by atoms with Crippen LogP contribution in [-0.4, -0.2) is 28.9 Å². The number of aromatic hydroxyl groups is 2.